The molecular formula is C13H26N4. The Morgan fingerprint density at radius 2 is 1.71 bits per heavy atom. The molecule has 0 radical (unpaired) electrons. The normalized spacial score (nSPS) is 9.41. The van der Waals surface area contributed by atoms with Crippen molar-refractivity contribution in [3.63, 3.8) is 0 Å². The van der Waals surface area contributed by atoms with E-state index in [0.717, 1.165) is 11.6 Å². The Morgan fingerprint density at radius 3 is 2.06 bits per heavy atom. The van der Waals surface area contributed by atoms with Gasteiger partial charge in [0.2, 0.25) is 0 Å². The lowest BCUT2D eigenvalue weighted by Gasteiger charge is -1.99. The second-order valence-electron chi connectivity index (χ2n) is 3.81. The predicted molar refractivity (Wildman–Crippen MR) is 76.9 cm³/mol. The Kier molecular flexibility index (Phi) is 11.7. The zero-order valence-electron chi connectivity index (χ0n) is 12.2. The monoisotopic (exact) mass is 238 g/mol. The SMILES string of the molecule is CC.CC(C)C.CC=Nc1c(C)ncnc1N. The number of aromatic nitrogens is 2. The van der Waals surface area contributed by atoms with E-state index >= 15 is 0 Å². The van der Waals surface area contributed by atoms with Crippen molar-refractivity contribution in [3.8, 4) is 0 Å². The van der Waals surface area contributed by atoms with Crippen molar-refractivity contribution in [1.29, 1.82) is 0 Å². The molecule has 0 saturated heterocycles. The minimum atomic E-state index is 0.426. The molecule has 0 spiro atoms. The number of anilines is 1. The zero-order valence-corrected chi connectivity index (χ0v) is 12.2. The fourth-order valence-corrected chi connectivity index (χ4v) is 0.774. The highest BCUT2D eigenvalue weighted by Gasteiger charge is 2.00. The molecule has 0 fully saturated rings. The molecule has 1 heterocycles. The van der Waals surface area contributed by atoms with Gasteiger partial charge < -0.3 is 5.73 Å². The third-order valence-corrected chi connectivity index (χ3v) is 1.29. The quantitative estimate of drug-likeness (QED) is 0.757. The highest BCUT2D eigenvalue weighted by atomic mass is 15.0. The van der Waals surface area contributed by atoms with Gasteiger partial charge in [-0.2, -0.15) is 0 Å². The second kappa shape index (κ2) is 11.0. The fourth-order valence-electron chi connectivity index (χ4n) is 0.774. The van der Waals surface area contributed by atoms with Gasteiger partial charge in [0.1, 0.15) is 12.0 Å². The van der Waals surface area contributed by atoms with Gasteiger partial charge in [0.15, 0.2) is 5.82 Å². The summed E-state index contributed by atoms with van der Waals surface area (Å²) in [6.45, 7) is 14.2. The molecule has 0 aromatic carbocycles. The summed E-state index contributed by atoms with van der Waals surface area (Å²) in [4.78, 5) is 11.8. The molecule has 0 atom stereocenters. The first kappa shape index (κ1) is 17.9. The summed E-state index contributed by atoms with van der Waals surface area (Å²) in [7, 11) is 0. The van der Waals surface area contributed by atoms with Crippen LogP contribution in [0.15, 0.2) is 11.3 Å². The summed E-state index contributed by atoms with van der Waals surface area (Å²) >= 11 is 0. The molecular weight excluding hydrogens is 212 g/mol. The van der Waals surface area contributed by atoms with Crippen molar-refractivity contribution in [3.05, 3.63) is 12.0 Å². The Balaban J connectivity index is 0. The first-order valence-corrected chi connectivity index (χ1v) is 6.04. The summed E-state index contributed by atoms with van der Waals surface area (Å²) in [6, 6.07) is 0. The summed E-state index contributed by atoms with van der Waals surface area (Å²) in [5.41, 5.74) is 7.01. The van der Waals surface area contributed by atoms with Crippen molar-refractivity contribution in [1.82, 2.24) is 9.97 Å². The van der Waals surface area contributed by atoms with Crippen LogP contribution in [0.3, 0.4) is 0 Å². The number of rotatable bonds is 1. The largest absolute Gasteiger partial charge is 0.382 e. The zero-order chi connectivity index (χ0) is 13.8. The Morgan fingerprint density at radius 1 is 1.24 bits per heavy atom. The van der Waals surface area contributed by atoms with Crippen molar-refractivity contribution in [2.75, 3.05) is 5.73 Å². The van der Waals surface area contributed by atoms with Crippen LogP contribution in [0.4, 0.5) is 11.5 Å². The van der Waals surface area contributed by atoms with Crippen LogP contribution in [0.5, 0.6) is 0 Å². The van der Waals surface area contributed by atoms with Crippen LogP contribution in [0, 0.1) is 12.8 Å². The molecule has 17 heavy (non-hydrogen) atoms. The van der Waals surface area contributed by atoms with Gasteiger partial charge in [-0.25, -0.2) is 9.97 Å². The van der Waals surface area contributed by atoms with Crippen LogP contribution in [0.2, 0.25) is 0 Å². The van der Waals surface area contributed by atoms with Crippen LogP contribution in [-0.2, 0) is 0 Å². The van der Waals surface area contributed by atoms with Gasteiger partial charge in [-0.15, -0.1) is 0 Å². The molecule has 0 amide bonds. The highest BCUT2D eigenvalue weighted by molar-refractivity contribution is 5.68. The Hall–Kier alpha value is -1.45. The maximum Gasteiger partial charge on any atom is 0.153 e. The predicted octanol–water partition coefficient (Wildman–Crippen LogP) is 3.78. The first-order valence-electron chi connectivity index (χ1n) is 6.04. The number of nitrogens with two attached hydrogens (primary N) is 1. The van der Waals surface area contributed by atoms with Gasteiger partial charge in [0.05, 0.1) is 5.69 Å². The summed E-state index contributed by atoms with van der Waals surface area (Å²) in [5.74, 6) is 1.26. The van der Waals surface area contributed by atoms with E-state index in [1.54, 1.807) is 6.21 Å². The van der Waals surface area contributed by atoms with E-state index in [1.165, 1.54) is 6.33 Å². The first-order chi connectivity index (χ1) is 7.99. The third-order valence-electron chi connectivity index (χ3n) is 1.29. The second-order valence-corrected chi connectivity index (χ2v) is 3.81. The van der Waals surface area contributed by atoms with Crippen LogP contribution < -0.4 is 5.73 Å². The molecule has 0 aliphatic heterocycles. The molecule has 4 heteroatoms. The standard InChI is InChI=1S/C7H10N4.C4H10.C2H6/c1-3-9-6-5(2)10-4-11-7(6)8;1-4(2)3;1-2/h3-4H,1-2H3,(H2,8,10,11);4H,1-3H3;1-2H3. The molecule has 1 rings (SSSR count). The molecule has 4 nitrogen and oxygen atoms in total. The maximum atomic E-state index is 5.54. The van der Waals surface area contributed by atoms with E-state index < -0.39 is 0 Å². The molecule has 1 aromatic heterocycles. The van der Waals surface area contributed by atoms with E-state index in [0.29, 0.717) is 11.5 Å². The number of aryl methyl sites for hydroxylation is 1. The Bertz CT molecular complexity index is 296. The molecule has 2 N–H and O–H groups in total. The van der Waals surface area contributed by atoms with Crippen molar-refractivity contribution >= 4 is 17.7 Å². The van der Waals surface area contributed by atoms with Crippen molar-refractivity contribution in [2.24, 2.45) is 10.9 Å². The summed E-state index contributed by atoms with van der Waals surface area (Å²) < 4.78 is 0. The lowest BCUT2D eigenvalue weighted by Crippen LogP contribution is -1.94. The van der Waals surface area contributed by atoms with Gasteiger partial charge in [0.25, 0.3) is 0 Å². The number of nitrogens with zero attached hydrogens (tertiary/aromatic N) is 3. The molecule has 0 saturated carbocycles. The minimum absolute atomic E-state index is 0.426. The molecule has 98 valence electrons. The van der Waals surface area contributed by atoms with Crippen LogP contribution >= 0.6 is 0 Å². The fraction of sp³-hybridized carbons (Fsp3) is 0.615. The van der Waals surface area contributed by atoms with Crippen LogP contribution in [-0.4, -0.2) is 16.2 Å². The van der Waals surface area contributed by atoms with Crippen LogP contribution in [0.1, 0.15) is 47.2 Å². The van der Waals surface area contributed by atoms with E-state index in [4.69, 9.17) is 5.73 Å². The third kappa shape index (κ3) is 9.48. The van der Waals surface area contributed by atoms with E-state index in [2.05, 4.69) is 35.7 Å². The topological polar surface area (TPSA) is 64.2 Å². The van der Waals surface area contributed by atoms with Gasteiger partial charge in [-0.3, -0.25) is 4.99 Å². The van der Waals surface area contributed by atoms with E-state index in [1.807, 2.05) is 27.7 Å². The van der Waals surface area contributed by atoms with Crippen LogP contribution in [0.25, 0.3) is 0 Å². The maximum absolute atomic E-state index is 5.54. The smallest absolute Gasteiger partial charge is 0.153 e. The molecule has 0 aliphatic rings. The molecule has 0 aliphatic carbocycles. The average molecular weight is 238 g/mol. The highest BCUT2D eigenvalue weighted by Crippen LogP contribution is 2.20. The summed E-state index contributed by atoms with van der Waals surface area (Å²) in [5, 5.41) is 0. The molecule has 0 unspecified atom stereocenters. The number of nitrogen functional groups attached to an aromatic ring is 1. The number of aliphatic imine (C=N–C) groups is 1. The van der Waals surface area contributed by atoms with E-state index in [-0.39, 0.29) is 0 Å². The average Bonchev–Trinajstić information content (AvgIpc) is 2.26. The molecule has 0 bridgehead atoms. The number of hydrogen-bond acceptors (Lipinski definition) is 4. The Labute approximate surface area is 105 Å². The summed E-state index contributed by atoms with van der Waals surface area (Å²) in [6.07, 6.45) is 3.10. The van der Waals surface area contributed by atoms with Gasteiger partial charge in [0, 0.05) is 6.21 Å². The van der Waals surface area contributed by atoms with Gasteiger partial charge >= 0.3 is 0 Å². The molecule has 1 aromatic rings. The lowest BCUT2D eigenvalue weighted by atomic mass is 10.3. The lowest BCUT2D eigenvalue weighted by molar-refractivity contribution is 0.737. The number of hydrogen-bond donors (Lipinski definition) is 1. The van der Waals surface area contributed by atoms with Gasteiger partial charge in [-0.05, 0) is 19.8 Å². The minimum Gasteiger partial charge on any atom is -0.382 e. The van der Waals surface area contributed by atoms with Crippen molar-refractivity contribution < 1.29 is 0 Å². The van der Waals surface area contributed by atoms with Crippen molar-refractivity contribution in [2.45, 2.75) is 48.5 Å². The van der Waals surface area contributed by atoms with E-state index in [9.17, 15) is 0 Å². The van der Waals surface area contributed by atoms with Gasteiger partial charge in [-0.1, -0.05) is 34.6 Å².